The topological polar surface area (TPSA) is 56.5 Å². The normalized spacial score (nSPS) is 12.0. The smallest absolute Gasteiger partial charge is 0.132 e. The molecule has 0 aliphatic carbocycles. The van der Waals surface area contributed by atoms with Crippen LogP contribution in [-0.2, 0) is 0 Å². The zero-order valence-corrected chi connectivity index (χ0v) is 11.4. The third kappa shape index (κ3) is 2.59. The van der Waals surface area contributed by atoms with Crippen molar-refractivity contribution in [2.45, 2.75) is 6.04 Å². The number of hydrazine groups is 1. The maximum atomic E-state index is 14.2. The van der Waals surface area contributed by atoms with Crippen LogP contribution in [0.2, 0.25) is 0 Å². The summed E-state index contributed by atoms with van der Waals surface area (Å²) in [5.74, 6) is 6.29. The zero-order valence-electron chi connectivity index (χ0n) is 11.4. The van der Waals surface area contributed by atoms with Gasteiger partial charge in [-0.25, -0.2) is 9.82 Å². The Morgan fingerprint density at radius 1 is 1.00 bits per heavy atom. The van der Waals surface area contributed by atoms with Crippen molar-refractivity contribution in [3.63, 3.8) is 0 Å². The van der Waals surface area contributed by atoms with Crippen LogP contribution in [0.1, 0.15) is 17.2 Å². The highest BCUT2D eigenvalue weighted by atomic mass is 19.1. The quantitative estimate of drug-likeness (QED) is 0.650. The second kappa shape index (κ2) is 6.36. The summed E-state index contributed by atoms with van der Waals surface area (Å²) >= 11 is 0. The molecular weight excluding hydrogens is 259 g/mol. The number of rotatable bonds is 5. The highest BCUT2D eigenvalue weighted by molar-refractivity contribution is 5.47. The van der Waals surface area contributed by atoms with Crippen LogP contribution in [-0.4, -0.2) is 14.2 Å². The van der Waals surface area contributed by atoms with Crippen molar-refractivity contribution < 1.29 is 13.9 Å². The van der Waals surface area contributed by atoms with Gasteiger partial charge in [0.15, 0.2) is 0 Å². The molecule has 0 spiro atoms. The Kier molecular flexibility index (Phi) is 4.55. The molecule has 0 saturated carbocycles. The number of ether oxygens (including phenoxy) is 2. The fourth-order valence-corrected chi connectivity index (χ4v) is 2.21. The minimum Gasteiger partial charge on any atom is -0.496 e. The van der Waals surface area contributed by atoms with Crippen molar-refractivity contribution in [1.82, 2.24) is 5.43 Å². The number of nitrogens with one attached hydrogen (secondary N) is 1. The molecule has 20 heavy (non-hydrogen) atoms. The van der Waals surface area contributed by atoms with E-state index in [0.717, 1.165) is 5.56 Å². The summed E-state index contributed by atoms with van der Waals surface area (Å²) in [5, 5.41) is 0. The molecule has 5 heteroatoms. The first-order valence-electron chi connectivity index (χ1n) is 6.14. The van der Waals surface area contributed by atoms with Crippen LogP contribution >= 0.6 is 0 Å². The van der Waals surface area contributed by atoms with Gasteiger partial charge in [0.1, 0.15) is 17.3 Å². The number of hydrogen-bond donors (Lipinski definition) is 2. The lowest BCUT2D eigenvalue weighted by atomic mass is 9.97. The summed E-state index contributed by atoms with van der Waals surface area (Å²) in [5.41, 5.74) is 3.71. The number of methoxy groups -OCH3 is 2. The standard InChI is InChI=1S/C15H17FN2O2/c1-19-12-8-4-3-6-10(12)15(18-17)14-11(16)7-5-9-13(14)20-2/h3-9,15,18H,17H2,1-2H3. The van der Waals surface area contributed by atoms with Crippen LogP contribution in [0.3, 0.4) is 0 Å². The summed E-state index contributed by atoms with van der Waals surface area (Å²) in [6.45, 7) is 0. The first-order valence-corrected chi connectivity index (χ1v) is 6.14. The largest absolute Gasteiger partial charge is 0.496 e. The van der Waals surface area contributed by atoms with Gasteiger partial charge in [0.2, 0.25) is 0 Å². The Hall–Kier alpha value is -2.11. The van der Waals surface area contributed by atoms with Crippen LogP contribution in [0.25, 0.3) is 0 Å². The van der Waals surface area contributed by atoms with Crippen molar-refractivity contribution in [1.29, 1.82) is 0 Å². The first kappa shape index (κ1) is 14.3. The van der Waals surface area contributed by atoms with Crippen molar-refractivity contribution >= 4 is 0 Å². The lowest BCUT2D eigenvalue weighted by molar-refractivity contribution is 0.388. The van der Waals surface area contributed by atoms with E-state index >= 15 is 0 Å². The highest BCUT2D eigenvalue weighted by Crippen LogP contribution is 2.35. The number of halogens is 1. The minimum absolute atomic E-state index is 0.349. The summed E-state index contributed by atoms with van der Waals surface area (Å²) < 4.78 is 24.7. The van der Waals surface area contributed by atoms with Gasteiger partial charge in [-0.1, -0.05) is 24.3 Å². The molecule has 0 saturated heterocycles. The zero-order chi connectivity index (χ0) is 14.5. The van der Waals surface area contributed by atoms with Gasteiger partial charge in [-0.15, -0.1) is 0 Å². The van der Waals surface area contributed by atoms with Gasteiger partial charge in [-0.3, -0.25) is 5.84 Å². The number of hydrogen-bond acceptors (Lipinski definition) is 4. The molecule has 0 amide bonds. The predicted molar refractivity (Wildman–Crippen MR) is 75.1 cm³/mol. The molecule has 0 aliphatic rings. The van der Waals surface area contributed by atoms with Crippen molar-refractivity contribution in [3.05, 3.63) is 59.4 Å². The molecule has 2 aromatic rings. The van der Waals surface area contributed by atoms with Gasteiger partial charge in [0.25, 0.3) is 0 Å². The Morgan fingerprint density at radius 2 is 1.65 bits per heavy atom. The molecule has 1 unspecified atom stereocenters. The molecule has 3 N–H and O–H groups in total. The fourth-order valence-electron chi connectivity index (χ4n) is 2.21. The molecule has 2 aromatic carbocycles. The van der Waals surface area contributed by atoms with E-state index < -0.39 is 11.9 Å². The van der Waals surface area contributed by atoms with Crippen molar-refractivity contribution in [2.24, 2.45) is 5.84 Å². The van der Waals surface area contributed by atoms with Crippen LogP contribution in [0.15, 0.2) is 42.5 Å². The van der Waals surface area contributed by atoms with Crippen LogP contribution in [0.4, 0.5) is 4.39 Å². The van der Waals surface area contributed by atoms with E-state index in [2.05, 4.69) is 5.43 Å². The molecule has 0 heterocycles. The highest BCUT2D eigenvalue weighted by Gasteiger charge is 2.23. The monoisotopic (exact) mass is 276 g/mol. The van der Waals surface area contributed by atoms with Gasteiger partial charge in [-0.2, -0.15) is 0 Å². The van der Waals surface area contributed by atoms with Gasteiger partial charge < -0.3 is 9.47 Å². The predicted octanol–water partition coefficient (Wildman–Crippen LogP) is 2.40. The third-order valence-electron chi connectivity index (χ3n) is 3.14. The van der Waals surface area contributed by atoms with Crippen LogP contribution < -0.4 is 20.7 Å². The Morgan fingerprint density at radius 3 is 2.30 bits per heavy atom. The van der Waals surface area contributed by atoms with E-state index in [1.807, 2.05) is 18.2 Å². The molecule has 4 nitrogen and oxygen atoms in total. The van der Waals surface area contributed by atoms with E-state index in [1.54, 1.807) is 25.3 Å². The van der Waals surface area contributed by atoms with Crippen molar-refractivity contribution in [2.75, 3.05) is 14.2 Å². The molecule has 0 bridgehead atoms. The Balaban J connectivity index is 2.58. The molecule has 0 aromatic heterocycles. The van der Waals surface area contributed by atoms with Crippen molar-refractivity contribution in [3.8, 4) is 11.5 Å². The third-order valence-corrected chi connectivity index (χ3v) is 3.14. The molecule has 0 aliphatic heterocycles. The SMILES string of the molecule is COc1ccccc1C(NN)c1c(F)cccc1OC. The molecular formula is C15H17FN2O2. The molecule has 0 radical (unpaired) electrons. The summed E-state index contributed by atoms with van der Waals surface area (Å²) in [4.78, 5) is 0. The maximum absolute atomic E-state index is 14.2. The second-order valence-electron chi connectivity index (χ2n) is 4.20. The van der Waals surface area contributed by atoms with E-state index in [0.29, 0.717) is 17.1 Å². The van der Waals surface area contributed by atoms with E-state index in [-0.39, 0.29) is 0 Å². The summed E-state index contributed by atoms with van der Waals surface area (Å²) in [7, 11) is 3.05. The van der Waals surface area contributed by atoms with E-state index in [4.69, 9.17) is 15.3 Å². The number of nitrogens with two attached hydrogens (primary N) is 1. The van der Waals surface area contributed by atoms with Crippen LogP contribution in [0, 0.1) is 5.82 Å². The van der Waals surface area contributed by atoms with E-state index in [9.17, 15) is 4.39 Å². The van der Waals surface area contributed by atoms with Gasteiger partial charge >= 0.3 is 0 Å². The van der Waals surface area contributed by atoms with Gasteiger partial charge in [-0.05, 0) is 18.2 Å². The van der Waals surface area contributed by atoms with Crippen LogP contribution in [0.5, 0.6) is 11.5 Å². The number of benzene rings is 2. The van der Waals surface area contributed by atoms with E-state index in [1.165, 1.54) is 13.2 Å². The Bertz CT molecular complexity index is 590. The lowest BCUT2D eigenvalue weighted by Crippen LogP contribution is -2.30. The minimum atomic E-state index is -0.567. The summed E-state index contributed by atoms with van der Waals surface area (Å²) in [6.07, 6.45) is 0. The molecule has 2 rings (SSSR count). The number of para-hydroxylation sites is 1. The van der Waals surface area contributed by atoms with Gasteiger partial charge in [0.05, 0.1) is 25.8 Å². The lowest BCUT2D eigenvalue weighted by Gasteiger charge is -2.22. The average molecular weight is 276 g/mol. The maximum Gasteiger partial charge on any atom is 0.132 e. The molecule has 1 atom stereocenters. The molecule has 106 valence electrons. The first-order chi connectivity index (χ1) is 9.72. The second-order valence-corrected chi connectivity index (χ2v) is 4.20. The van der Waals surface area contributed by atoms with Gasteiger partial charge in [0, 0.05) is 5.56 Å². The molecule has 0 fully saturated rings. The Labute approximate surface area is 117 Å². The summed E-state index contributed by atoms with van der Waals surface area (Å²) in [6, 6.07) is 11.4. The fraction of sp³-hybridized carbons (Fsp3) is 0.200. The average Bonchev–Trinajstić information content (AvgIpc) is 2.50.